The number of pyridine rings is 1. The van der Waals surface area contributed by atoms with Gasteiger partial charge in [0.15, 0.2) is 0 Å². The Balaban J connectivity index is 1.46. The molecule has 2 fully saturated rings. The number of hydrogen-bond donors (Lipinski definition) is 0. The molecule has 0 spiro atoms. The third-order valence-corrected chi connectivity index (χ3v) is 5.68. The van der Waals surface area contributed by atoms with Crippen LogP contribution in [0.15, 0.2) is 30.3 Å². The maximum Gasteiger partial charge on any atom is 0.0726 e. The molecule has 0 aliphatic carbocycles. The van der Waals surface area contributed by atoms with Crippen LogP contribution in [0.25, 0.3) is 10.9 Å². The van der Waals surface area contributed by atoms with E-state index in [0.717, 1.165) is 57.2 Å². The molecule has 4 nitrogen and oxygen atoms in total. The van der Waals surface area contributed by atoms with Crippen LogP contribution in [0.5, 0.6) is 0 Å². The lowest BCUT2D eigenvalue weighted by molar-refractivity contribution is 0.0289. The molecular weight excluding hydrogens is 310 g/mol. The minimum Gasteiger partial charge on any atom is -0.379 e. The highest BCUT2D eigenvalue weighted by Gasteiger charge is 2.23. The largest absolute Gasteiger partial charge is 0.379 e. The Morgan fingerprint density at radius 1 is 1.08 bits per heavy atom. The maximum absolute atomic E-state index is 5.47. The first kappa shape index (κ1) is 16.8. The molecule has 0 amide bonds. The molecule has 0 unspecified atom stereocenters. The number of hydrogen-bond acceptors (Lipinski definition) is 4. The maximum atomic E-state index is 5.47. The summed E-state index contributed by atoms with van der Waals surface area (Å²) in [4.78, 5) is 9.96. The summed E-state index contributed by atoms with van der Waals surface area (Å²) in [5, 5.41) is 1.30. The number of ether oxygens (including phenoxy) is 1. The van der Waals surface area contributed by atoms with E-state index < -0.39 is 0 Å². The van der Waals surface area contributed by atoms with Gasteiger partial charge in [-0.2, -0.15) is 0 Å². The van der Waals surface area contributed by atoms with Crippen molar-refractivity contribution in [3.05, 3.63) is 36.0 Å². The van der Waals surface area contributed by atoms with E-state index in [4.69, 9.17) is 9.72 Å². The quantitative estimate of drug-likeness (QED) is 0.854. The Labute approximate surface area is 150 Å². The van der Waals surface area contributed by atoms with Gasteiger partial charge >= 0.3 is 0 Å². The van der Waals surface area contributed by atoms with Crippen LogP contribution in [0.3, 0.4) is 0 Å². The smallest absolute Gasteiger partial charge is 0.0726 e. The second-order valence-electron chi connectivity index (χ2n) is 7.35. The average Bonchev–Trinajstić information content (AvgIpc) is 2.68. The summed E-state index contributed by atoms with van der Waals surface area (Å²) >= 11 is 0. The fraction of sp³-hybridized carbons (Fsp3) is 0.571. The van der Waals surface area contributed by atoms with Crippen LogP contribution in [-0.4, -0.2) is 55.8 Å². The minimum atomic E-state index is 0.827. The molecule has 2 saturated heterocycles. The molecule has 1 aromatic carbocycles. The Hall–Kier alpha value is -1.65. The molecule has 25 heavy (non-hydrogen) atoms. The summed E-state index contributed by atoms with van der Waals surface area (Å²) < 4.78 is 5.47. The van der Waals surface area contributed by atoms with Crippen molar-refractivity contribution in [1.82, 2.24) is 9.88 Å². The van der Waals surface area contributed by atoms with Crippen LogP contribution in [-0.2, 0) is 11.2 Å². The molecule has 0 radical (unpaired) electrons. The second-order valence-corrected chi connectivity index (χ2v) is 7.35. The highest BCUT2D eigenvalue weighted by Crippen LogP contribution is 2.30. The van der Waals surface area contributed by atoms with E-state index in [0.29, 0.717) is 0 Å². The van der Waals surface area contributed by atoms with E-state index in [1.54, 1.807) is 0 Å². The lowest BCUT2D eigenvalue weighted by atomic mass is 9.95. The second kappa shape index (κ2) is 7.71. The summed E-state index contributed by atoms with van der Waals surface area (Å²) in [7, 11) is 0. The molecule has 1 aromatic heterocycles. The molecule has 4 rings (SSSR count). The molecule has 2 aliphatic rings. The van der Waals surface area contributed by atoms with Crippen molar-refractivity contribution >= 4 is 16.6 Å². The molecule has 0 N–H and O–H groups in total. The minimum absolute atomic E-state index is 0.827. The van der Waals surface area contributed by atoms with E-state index in [-0.39, 0.29) is 0 Å². The number of anilines is 1. The Morgan fingerprint density at radius 3 is 2.60 bits per heavy atom. The fourth-order valence-electron chi connectivity index (χ4n) is 4.16. The van der Waals surface area contributed by atoms with Gasteiger partial charge in [-0.25, -0.2) is 0 Å². The summed E-state index contributed by atoms with van der Waals surface area (Å²) in [6.45, 7) is 9.77. The van der Waals surface area contributed by atoms with Crippen LogP contribution in [0.1, 0.15) is 25.5 Å². The van der Waals surface area contributed by atoms with Gasteiger partial charge in [0, 0.05) is 49.5 Å². The number of aryl methyl sites for hydroxylation is 1. The van der Waals surface area contributed by atoms with E-state index in [2.05, 4.69) is 47.1 Å². The number of piperidine rings is 1. The molecule has 2 aliphatic heterocycles. The van der Waals surface area contributed by atoms with Gasteiger partial charge in [-0.3, -0.25) is 9.88 Å². The predicted molar refractivity (Wildman–Crippen MR) is 103 cm³/mol. The van der Waals surface area contributed by atoms with Gasteiger partial charge in [-0.05, 0) is 37.3 Å². The van der Waals surface area contributed by atoms with E-state index >= 15 is 0 Å². The predicted octanol–water partition coefficient (Wildman–Crippen LogP) is 3.35. The lowest BCUT2D eigenvalue weighted by Gasteiger charge is -2.37. The van der Waals surface area contributed by atoms with Crippen molar-refractivity contribution in [1.29, 1.82) is 0 Å². The first-order chi connectivity index (χ1) is 12.3. The molecule has 2 aromatic rings. The molecule has 4 heteroatoms. The van der Waals surface area contributed by atoms with E-state index in [9.17, 15) is 0 Å². The Kier molecular flexibility index (Phi) is 5.18. The number of benzene rings is 1. The van der Waals surface area contributed by atoms with Gasteiger partial charge < -0.3 is 9.64 Å². The van der Waals surface area contributed by atoms with E-state index in [1.807, 2.05) is 0 Å². The molecule has 134 valence electrons. The number of morpholine rings is 1. The Morgan fingerprint density at radius 2 is 1.84 bits per heavy atom. The first-order valence-electron chi connectivity index (χ1n) is 9.77. The Bertz CT molecular complexity index is 703. The van der Waals surface area contributed by atoms with Crippen LogP contribution < -0.4 is 4.90 Å². The van der Waals surface area contributed by atoms with Gasteiger partial charge in [-0.15, -0.1) is 0 Å². The normalized spacial score (nSPS) is 20.3. The third-order valence-electron chi connectivity index (χ3n) is 5.68. The van der Waals surface area contributed by atoms with Gasteiger partial charge in [0.1, 0.15) is 0 Å². The number of aromatic nitrogens is 1. The van der Waals surface area contributed by atoms with E-state index in [1.165, 1.54) is 36.2 Å². The van der Waals surface area contributed by atoms with Crippen LogP contribution in [0.4, 0.5) is 5.69 Å². The van der Waals surface area contributed by atoms with Crippen molar-refractivity contribution in [2.75, 3.05) is 50.8 Å². The van der Waals surface area contributed by atoms with Crippen molar-refractivity contribution < 1.29 is 4.74 Å². The summed E-state index contributed by atoms with van der Waals surface area (Å²) in [5.41, 5.74) is 3.71. The van der Waals surface area contributed by atoms with Crippen LogP contribution in [0.2, 0.25) is 0 Å². The molecule has 0 saturated carbocycles. The van der Waals surface area contributed by atoms with Crippen molar-refractivity contribution in [2.45, 2.75) is 26.2 Å². The molecular formula is C21H29N3O. The number of fused-ring (bicyclic) bond motifs is 1. The summed E-state index contributed by atoms with van der Waals surface area (Å²) in [6.07, 6.45) is 3.57. The van der Waals surface area contributed by atoms with Gasteiger partial charge in [0.2, 0.25) is 0 Å². The fourth-order valence-corrected chi connectivity index (χ4v) is 4.16. The van der Waals surface area contributed by atoms with Gasteiger partial charge in [0.05, 0.1) is 18.7 Å². The average molecular weight is 339 g/mol. The van der Waals surface area contributed by atoms with Crippen molar-refractivity contribution in [3.63, 3.8) is 0 Å². The molecule has 0 bridgehead atoms. The SMILES string of the molecule is CCc1cc(N2CCC(CN3CCOCC3)CC2)c2ccccc2n1. The zero-order chi connectivity index (χ0) is 17.1. The zero-order valence-corrected chi connectivity index (χ0v) is 15.3. The summed E-state index contributed by atoms with van der Waals surface area (Å²) in [6, 6.07) is 10.9. The standard InChI is InChI=1S/C21H29N3O/c1-2-18-15-21(19-5-3-4-6-20(19)22-18)24-9-7-17(8-10-24)16-23-11-13-25-14-12-23/h3-6,15,17H,2,7-14,16H2,1H3. The number of nitrogens with zero attached hydrogens (tertiary/aromatic N) is 3. The highest BCUT2D eigenvalue weighted by atomic mass is 16.5. The van der Waals surface area contributed by atoms with Gasteiger partial charge in [-0.1, -0.05) is 25.1 Å². The van der Waals surface area contributed by atoms with Gasteiger partial charge in [0.25, 0.3) is 0 Å². The first-order valence-corrected chi connectivity index (χ1v) is 9.77. The third kappa shape index (κ3) is 3.80. The van der Waals surface area contributed by atoms with Crippen LogP contribution >= 0.6 is 0 Å². The number of rotatable bonds is 4. The molecule has 0 atom stereocenters. The van der Waals surface area contributed by atoms with Crippen LogP contribution in [0, 0.1) is 5.92 Å². The van der Waals surface area contributed by atoms with Crippen molar-refractivity contribution in [2.24, 2.45) is 5.92 Å². The zero-order valence-electron chi connectivity index (χ0n) is 15.3. The summed E-state index contributed by atoms with van der Waals surface area (Å²) in [5.74, 6) is 0.827. The highest BCUT2D eigenvalue weighted by molar-refractivity contribution is 5.92. The van der Waals surface area contributed by atoms with Crippen molar-refractivity contribution in [3.8, 4) is 0 Å². The monoisotopic (exact) mass is 339 g/mol. The molecule has 3 heterocycles. The topological polar surface area (TPSA) is 28.6 Å². The number of para-hydroxylation sites is 1. The lowest BCUT2D eigenvalue weighted by Crippen LogP contribution is -2.43.